The molecule has 170 valence electrons. The molecule has 2 aromatic rings. The van der Waals surface area contributed by atoms with Gasteiger partial charge in [-0.15, -0.1) is 16.8 Å². The molecule has 0 spiro atoms. The number of rotatable bonds is 11. The zero-order valence-corrected chi connectivity index (χ0v) is 19.4. The first-order valence-corrected chi connectivity index (χ1v) is 11.3. The van der Waals surface area contributed by atoms with Crippen LogP contribution in [0.25, 0.3) is 0 Å². The minimum atomic E-state index is -0.664. The van der Waals surface area contributed by atoms with Gasteiger partial charge in [0.1, 0.15) is 11.6 Å². The van der Waals surface area contributed by atoms with Gasteiger partial charge in [-0.3, -0.25) is 19.1 Å². The summed E-state index contributed by atoms with van der Waals surface area (Å²) in [6.45, 7) is 12.6. The Morgan fingerprint density at radius 1 is 1.32 bits per heavy atom. The van der Waals surface area contributed by atoms with E-state index in [1.807, 2.05) is 32.3 Å². The molecule has 1 amide bonds. The number of anilines is 2. The third-order valence-corrected chi connectivity index (χ3v) is 5.56. The number of allylic oxidation sites excluding steroid dienone is 1. The Balaban J connectivity index is 2.37. The fourth-order valence-corrected chi connectivity index (χ4v) is 3.94. The summed E-state index contributed by atoms with van der Waals surface area (Å²) in [4.78, 5) is 41.7. The molecule has 0 aromatic carbocycles. The first-order chi connectivity index (χ1) is 14.7. The Morgan fingerprint density at radius 2 is 2.03 bits per heavy atom. The van der Waals surface area contributed by atoms with E-state index in [2.05, 4.69) is 21.8 Å². The molecule has 0 fully saturated rings. The molecule has 11 heteroatoms. The number of nitrogens with zero attached hydrogens (tertiary/aromatic N) is 5. The van der Waals surface area contributed by atoms with Crippen LogP contribution in [0, 0.1) is 12.8 Å². The van der Waals surface area contributed by atoms with Crippen LogP contribution in [0.15, 0.2) is 27.4 Å². The van der Waals surface area contributed by atoms with Crippen LogP contribution in [0.1, 0.15) is 39.4 Å². The zero-order chi connectivity index (χ0) is 23.1. The van der Waals surface area contributed by atoms with E-state index in [0.717, 1.165) is 12.2 Å². The third-order valence-electron chi connectivity index (χ3n) is 4.61. The number of nitrogens with two attached hydrogens (primary N) is 1. The molecule has 0 aliphatic carbocycles. The maximum atomic E-state index is 13.2. The van der Waals surface area contributed by atoms with Crippen LogP contribution in [0.2, 0.25) is 0 Å². The Kier molecular flexibility index (Phi) is 8.66. The normalized spacial score (nSPS) is 11.1. The minimum absolute atomic E-state index is 0.00238. The Labute approximate surface area is 185 Å². The molecule has 2 rings (SSSR count). The van der Waals surface area contributed by atoms with E-state index in [1.165, 1.54) is 21.2 Å². The number of nitrogens with one attached hydrogen (secondary N) is 1. The highest BCUT2D eigenvalue weighted by Gasteiger charge is 2.25. The number of thioether (sulfide) groups is 1. The van der Waals surface area contributed by atoms with Gasteiger partial charge in [0.05, 0.1) is 5.75 Å². The second-order valence-corrected chi connectivity index (χ2v) is 8.56. The number of hydrogen-bond donors (Lipinski definition) is 2. The number of carbonyl (C=O) groups excluding carboxylic acids is 1. The fraction of sp³-hybridized carbons (Fsp3) is 0.550. The molecular formula is C20H31N7O3S. The lowest BCUT2D eigenvalue weighted by molar-refractivity contribution is -0.116. The van der Waals surface area contributed by atoms with Crippen molar-refractivity contribution in [2.75, 3.05) is 22.9 Å². The molecule has 2 aromatic heterocycles. The molecule has 0 saturated carbocycles. The van der Waals surface area contributed by atoms with Crippen LogP contribution in [0.5, 0.6) is 0 Å². The molecule has 0 unspecified atom stereocenters. The summed E-state index contributed by atoms with van der Waals surface area (Å²) < 4.78 is 3.16. The third kappa shape index (κ3) is 5.87. The van der Waals surface area contributed by atoms with Crippen molar-refractivity contribution in [1.29, 1.82) is 0 Å². The molecule has 0 aliphatic heterocycles. The monoisotopic (exact) mass is 449 g/mol. The van der Waals surface area contributed by atoms with Crippen molar-refractivity contribution in [3.05, 3.63) is 39.3 Å². The van der Waals surface area contributed by atoms with Gasteiger partial charge in [-0.25, -0.2) is 4.79 Å². The van der Waals surface area contributed by atoms with E-state index in [0.29, 0.717) is 31.2 Å². The Morgan fingerprint density at radius 3 is 2.65 bits per heavy atom. The first kappa shape index (κ1) is 24.4. The van der Waals surface area contributed by atoms with Gasteiger partial charge in [-0.05, 0) is 19.3 Å². The number of aromatic amines is 1. The molecule has 0 bridgehead atoms. The van der Waals surface area contributed by atoms with Crippen molar-refractivity contribution >= 4 is 29.2 Å². The van der Waals surface area contributed by atoms with E-state index in [1.54, 1.807) is 6.08 Å². The van der Waals surface area contributed by atoms with E-state index in [9.17, 15) is 14.4 Å². The highest BCUT2D eigenvalue weighted by molar-refractivity contribution is 7.99. The van der Waals surface area contributed by atoms with Crippen LogP contribution in [0.3, 0.4) is 0 Å². The number of unbranched alkanes of at least 4 members (excludes halogenated alkanes) is 1. The van der Waals surface area contributed by atoms with E-state index in [-0.39, 0.29) is 29.1 Å². The van der Waals surface area contributed by atoms with Crippen molar-refractivity contribution < 1.29 is 4.79 Å². The van der Waals surface area contributed by atoms with Gasteiger partial charge in [0.15, 0.2) is 10.8 Å². The van der Waals surface area contributed by atoms with Crippen LogP contribution >= 0.6 is 11.8 Å². The topological polar surface area (TPSA) is 132 Å². The molecular weight excluding hydrogens is 418 g/mol. The van der Waals surface area contributed by atoms with Gasteiger partial charge in [-0.2, -0.15) is 0 Å². The molecule has 0 saturated heterocycles. The number of carbonyl (C=O) groups is 1. The van der Waals surface area contributed by atoms with Crippen LogP contribution in [-0.2, 0) is 17.9 Å². The predicted octanol–water partition coefficient (Wildman–Crippen LogP) is 1.79. The van der Waals surface area contributed by atoms with Gasteiger partial charge in [-0.1, -0.05) is 45.0 Å². The Hall–Kier alpha value is -2.82. The van der Waals surface area contributed by atoms with Crippen molar-refractivity contribution in [3.63, 3.8) is 0 Å². The average molecular weight is 450 g/mol. The van der Waals surface area contributed by atoms with Gasteiger partial charge < -0.3 is 15.2 Å². The fourth-order valence-electron chi connectivity index (χ4n) is 3.07. The van der Waals surface area contributed by atoms with Crippen LogP contribution in [0.4, 0.5) is 11.5 Å². The summed E-state index contributed by atoms with van der Waals surface area (Å²) >= 11 is 1.23. The lowest BCUT2D eigenvalue weighted by Crippen LogP contribution is -2.42. The SMILES string of the molecule is C=CCn1c(C)nnc1SCC(=O)N(CCCC)c1c(N)n(CC(C)C)c(=O)[nH]c1=O. The van der Waals surface area contributed by atoms with E-state index < -0.39 is 11.2 Å². The van der Waals surface area contributed by atoms with E-state index >= 15 is 0 Å². The molecule has 31 heavy (non-hydrogen) atoms. The largest absolute Gasteiger partial charge is 0.383 e. The predicted molar refractivity (Wildman–Crippen MR) is 124 cm³/mol. The van der Waals surface area contributed by atoms with Gasteiger partial charge >= 0.3 is 5.69 Å². The molecule has 2 heterocycles. The first-order valence-electron chi connectivity index (χ1n) is 10.3. The minimum Gasteiger partial charge on any atom is -0.383 e. The number of nitrogen functional groups attached to an aromatic ring is 1. The summed E-state index contributed by atoms with van der Waals surface area (Å²) in [5.41, 5.74) is 5.00. The smallest absolute Gasteiger partial charge is 0.330 e. The molecule has 0 atom stereocenters. The van der Waals surface area contributed by atoms with Crippen molar-refractivity contribution in [3.8, 4) is 0 Å². The number of aryl methyl sites for hydroxylation is 1. The Bertz CT molecular complexity index is 1040. The van der Waals surface area contributed by atoms with E-state index in [4.69, 9.17) is 5.73 Å². The summed E-state index contributed by atoms with van der Waals surface area (Å²) in [6, 6.07) is 0. The number of amides is 1. The average Bonchev–Trinajstić information content (AvgIpc) is 3.05. The van der Waals surface area contributed by atoms with Crippen molar-refractivity contribution in [2.24, 2.45) is 5.92 Å². The molecule has 3 N–H and O–H groups in total. The molecule has 10 nitrogen and oxygen atoms in total. The summed E-state index contributed by atoms with van der Waals surface area (Å²) in [6.07, 6.45) is 3.24. The van der Waals surface area contributed by atoms with Crippen molar-refractivity contribution in [2.45, 2.75) is 58.8 Å². The highest BCUT2D eigenvalue weighted by Crippen LogP contribution is 2.22. The lowest BCUT2D eigenvalue weighted by atomic mass is 10.2. The number of H-pyrrole nitrogens is 1. The molecule has 0 aliphatic rings. The van der Waals surface area contributed by atoms with Gasteiger partial charge in [0.2, 0.25) is 5.91 Å². The van der Waals surface area contributed by atoms with Gasteiger partial charge in [0, 0.05) is 19.6 Å². The maximum Gasteiger partial charge on any atom is 0.330 e. The summed E-state index contributed by atoms with van der Waals surface area (Å²) in [7, 11) is 0. The van der Waals surface area contributed by atoms with Crippen LogP contribution < -0.4 is 21.9 Å². The van der Waals surface area contributed by atoms with Crippen molar-refractivity contribution in [1.82, 2.24) is 24.3 Å². The second-order valence-electron chi connectivity index (χ2n) is 7.61. The quantitative estimate of drug-likeness (QED) is 0.395. The lowest BCUT2D eigenvalue weighted by Gasteiger charge is -2.24. The maximum absolute atomic E-state index is 13.2. The number of aromatic nitrogens is 5. The summed E-state index contributed by atoms with van der Waals surface area (Å²) in [5.74, 6) is 0.604. The summed E-state index contributed by atoms with van der Waals surface area (Å²) in [5, 5.41) is 8.75. The highest BCUT2D eigenvalue weighted by atomic mass is 32.2. The van der Waals surface area contributed by atoms with Crippen LogP contribution in [-0.4, -0.2) is 42.5 Å². The second kappa shape index (κ2) is 11.0. The standard InChI is InChI=1S/C20H31N7O3S/c1-6-8-10-26(15(28)12-31-20-24-23-14(5)25(20)9-7-2)16-17(21)27(11-13(3)4)19(30)22-18(16)29/h7,13H,2,6,8-12,21H2,1,3-5H3,(H,22,29,30). The zero-order valence-electron chi connectivity index (χ0n) is 18.6. The molecule has 0 radical (unpaired) electrons. The number of hydrogen-bond acceptors (Lipinski definition) is 7. The van der Waals surface area contributed by atoms with Gasteiger partial charge in [0.25, 0.3) is 5.56 Å².